The van der Waals surface area contributed by atoms with Gasteiger partial charge in [-0.25, -0.2) is 0 Å². The number of hydrogen-bond acceptors (Lipinski definition) is 4. The second-order valence-electron chi connectivity index (χ2n) is 4.25. The minimum Gasteiger partial charge on any atom is -0.398 e. The van der Waals surface area contributed by atoms with Gasteiger partial charge in [-0.1, -0.05) is 18.2 Å². The molecule has 0 saturated carbocycles. The van der Waals surface area contributed by atoms with Crippen LogP contribution >= 0.6 is 0 Å². The van der Waals surface area contributed by atoms with Crippen molar-refractivity contribution < 1.29 is 9.72 Å². The maximum absolute atomic E-state index is 12.2. The third-order valence-electron chi connectivity index (χ3n) is 2.97. The average molecular weight is 271 g/mol. The summed E-state index contributed by atoms with van der Waals surface area (Å²) in [5.74, 6) is -0.427. The summed E-state index contributed by atoms with van der Waals surface area (Å²) in [6, 6.07) is 11.0. The van der Waals surface area contributed by atoms with Crippen LogP contribution in [0.3, 0.4) is 0 Å². The van der Waals surface area contributed by atoms with Gasteiger partial charge in [-0.3, -0.25) is 14.9 Å². The number of benzene rings is 2. The molecule has 0 atom stereocenters. The largest absolute Gasteiger partial charge is 0.398 e. The molecule has 0 aliphatic carbocycles. The third-order valence-corrected chi connectivity index (χ3v) is 2.97. The lowest BCUT2D eigenvalue weighted by Gasteiger charge is -2.09. The van der Waals surface area contributed by atoms with Crippen LogP contribution in [0.15, 0.2) is 42.5 Å². The summed E-state index contributed by atoms with van der Waals surface area (Å²) in [7, 11) is 0. The predicted octanol–water partition coefficient (Wildman–Crippen LogP) is 2.74. The van der Waals surface area contributed by atoms with Gasteiger partial charge in [-0.05, 0) is 30.7 Å². The minimum atomic E-state index is -0.540. The molecule has 0 heterocycles. The topological polar surface area (TPSA) is 98.3 Å². The van der Waals surface area contributed by atoms with Crippen LogP contribution in [0.1, 0.15) is 15.9 Å². The lowest BCUT2D eigenvalue weighted by atomic mass is 10.1. The van der Waals surface area contributed by atoms with Gasteiger partial charge in [0.2, 0.25) is 0 Å². The molecule has 0 bridgehead atoms. The molecule has 6 heteroatoms. The molecule has 6 nitrogen and oxygen atoms in total. The highest BCUT2D eigenvalue weighted by atomic mass is 16.6. The highest BCUT2D eigenvalue weighted by Crippen LogP contribution is 2.24. The molecular formula is C14H13N3O3. The van der Waals surface area contributed by atoms with E-state index in [1.54, 1.807) is 37.3 Å². The number of rotatable bonds is 3. The van der Waals surface area contributed by atoms with Crippen molar-refractivity contribution in [2.24, 2.45) is 0 Å². The Labute approximate surface area is 115 Å². The van der Waals surface area contributed by atoms with Gasteiger partial charge in [0.1, 0.15) is 5.69 Å². The SMILES string of the molecule is Cc1c(N)cccc1C(=O)Nc1ccccc1[N+](=O)[O-]. The number of carbonyl (C=O) groups is 1. The molecular weight excluding hydrogens is 258 g/mol. The zero-order valence-corrected chi connectivity index (χ0v) is 10.8. The van der Waals surface area contributed by atoms with Crippen LogP contribution in [-0.2, 0) is 0 Å². The molecule has 2 rings (SSSR count). The predicted molar refractivity (Wildman–Crippen MR) is 76.6 cm³/mol. The zero-order chi connectivity index (χ0) is 14.7. The van der Waals surface area contributed by atoms with Gasteiger partial charge in [-0.2, -0.15) is 0 Å². The second-order valence-corrected chi connectivity index (χ2v) is 4.25. The lowest BCUT2D eigenvalue weighted by molar-refractivity contribution is -0.383. The molecule has 2 aromatic carbocycles. The van der Waals surface area contributed by atoms with Crippen LogP contribution in [-0.4, -0.2) is 10.8 Å². The highest BCUT2D eigenvalue weighted by Gasteiger charge is 2.17. The van der Waals surface area contributed by atoms with Gasteiger partial charge in [0.25, 0.3) is 11.6 Å². The Morgan fingerprint density at radius 2 is 1.90 bits per heavy atom. The van der Waals surface area contributed by atoms with E-state index in [1.165, 1.54) is 12.1 Å². The summed E-state index contributed by atoms with van der Waals surface area (Å²) in [5.41, 5.74) is 7.28. The van der Waals surface area contributed by atoms with Crippen LogP contribution in [0.2, 0.25) is 0 Å². The highest BCUT2D eigenvalue weighted by molar-refractivity contribution is 6.07. The van der Waals surface area contributed by atoms with Crippen LogP contribution in [0.4, 0.5) is 17.1 Å². The van der Waals surface area contributed by atoms with Crippen molar-refractivity contribution in [3.8, 4) is 0 Å². The van der Waals surface area contributed by atoms with E-state index >= 15 is 0 Å². The molecule has 20 heavy (non-hydrogen) atoms. The molecule has 0 aromatic heterocycles. The molecule has 0 aliphatic rings. The van der Waals surface area contributed by atoms with Crippen LogP contribution in [0.25, 0.3) is 0 Å². The maximum atomic E-state index is 12.2. The van der Waals surface area contributed by atoms with Crippen molar-refractivity contribution >= 4 is 23.0 Å². The summed E-state index contributed by atoms with van der Waals surface area (Å²) in [6.45, 7) is 1.73. The Hall–Kier alpha value is -2.89. The molecule has 2 aromatic rings. The molecule has 1 amide bonds. The van der Waals surface area contributed by atoms with Gasteiger partial charge in [0.05, 0.1) is 4.92 Å². The van der Waals surface area contributed by atoms with E-state index in [0.29, 0.717) is 16.8 Å². The van der Waals surface area contributed by atoms with Crippen molar-refractivity contribution in [2.45, 2.75) is 6.92 Å². The summed E-state index contributed by atoms with van der Waals surface area (Å²) in [6.07, 6.45) is 0. The first-order chi connectivity index (χ1) is 9.50. The van der Waals surface area contributed by atoms with E-state index in [0.717, 1.165) is 0 Å². The molecule has 0 radical (unpaired) electrons. The molecule has 0 saturated heterocycles. The van der Waals surface area contributed by atoms with E-state index in [2.05, 4.69) is 5.32 Å². The monoisotopic (exact) mass is 271 g/mol. The first kappa shape index (κ1) is 13.5. The Balaban J connectivity index is 2.33. The summed E-state index contributed by atoms with van der Waals surface area (Å²) in [4.78, 5) is 22.5. The number of para-hydroxylation sites is 2. The molecule has 0 unspecified atom stereocenters. The number of anilines is 2. The number of hydrogen-bond donors (Lipinski definition) is 2. The van der Waals surface area contributed by atoms with Gasteiger partial charge < -0.3 is 11.1 Å². The van der Waals surface area contributed by atoms with Crippen molar-refractivity contribution in [3.05, 3.63) is 63.7 Å². The number of nitro benzene ring substituents is 1. The number of nitrogens with zero attached hydrogens (tertiary/aromatic N) is 1. The molecule has 0 aliphatic heterocycles. The van der Waals surface area contributed by atoms with Crippen molar-refractivity contribution in [1.29, 1.82) is 0 Å². The molecule has 3 N–H and O–H groups in total. The fourth-order valence-corrected chi connectivity index (χ4v) is 1.83. The Kier molecular flexibility index (Phi) is 3.65. The molecule has 0 fully saturated rings. The number of nitro groups is 1. The van der Waals surface area contributed by atoms with Crippen LogP contribution in [0.5, 0.6) is 0 Å². The number of carbonyl (C=O) groups excluding carboxylic acids is 1. The van der Waals surface area contributed by atoms with Crippen LogP contribution in [0, 0.1) is 17.0 Å². The zero-order valence-electron chi connectivity index (χ0n) is 10.8. The summed E-state index contributed by atoms with van der Waals surface area (Å²) >= 11 is 0. The fourth-order valence-electron chi connectivity index (χ4n) is 1.83. The molecule has 0 spiro atoms. The van der Waals surface area contributed by atoms with Gasteiger partial charge >= 0.3 is 0 Å². The summed E-state index contributed by atoms with van der Waals surface area (Å²) < 4.78 is 0. The normalized spacial score (nSPS) is 10.1. The average Bonchev–Trinajstić information content (AvgIpc) is 2.42. The van der Waals surface area contributed by atoms with E-state index < -0.39 is 10.8 Å². The minimum absolute atomic E-state index is 0.151. The Bertz CT molecular complexity index is 683. The quantitative estimate of drug-likeness (QED) is 0.509. The van der Waals surface area contributed by atoms with Gasteiger partial charge in [0.15, 0.2) is 0 Å². The van der Waals surface area contributed by atoms with E-state index in [4.69, 9.17) is 5.73 Å². The fraction of sp³-hybridized carbons (Fsp3) is 0.0714. The number of nitrogen functional groups attached to an aromatic ring is 1. The van der Waals surface area contributed by atoms with Crippen molar-refractivity contribution in [2.75, 3.05) is 11.1 Å². The van der Waals surface area contributed by atoms with Gasteiger partial charge in [-0.15, -0.1) is 0 Å². The third kappa shape index (κ3) is 2.59. The van der Waals surface area contributed by atoms with Crippen LogP contribution < -0.4 is 11.1 Å². The van der Waals surface area contributed by atoms with E-state index in [9.17, 15) is 14.9 Å². The lowest BCUT2D eigenvalue weighted by Crippen LogP contribution is -2.15. The van der Waals surface area contributed by atoms with E-state index in [1.807, 2.05) is 0 Å². The van der Waals surface area contributed by atoms with Crippen molar-refractivity contribution in [1.82, 2.24) is 0 Å². The first-order valence-corrected chi connectivity index (χ1v) is 5.90. The van der Waals surface area contributed by atoms with Gasteiger partial charge in [0, 0.05) is 17.3 Å². The smallest absolute Gasteiger partial charge is 0.292 e. The first-order valence-electron chi connectivity index (χ1n) is 5.90. The molecule has 102 valence electrons. The standard InChI is InChI=1S/C14H13N3O3/c1-9-10(5-4-6-11(9)15)14(18)16-12-7-2-3-8-13(12)17(19)20/h2-8H,15H2,1H3,(H,16,18). The maximum Gasteiger partial charge on any atom is 0.292 e. The number of nitrogens with two attached hydrogens (primary N) is 1. The second kappa shape index (κ2) is 5.40. The van der Waals surface area contributed by atoms with Crippen molar-refractivity contribution in [3.63, 3.8) is 0 Å². The Morgan fingerprint density at radius 1 is 1.20 bits per heavy atom. The Morgan fingerprint density at radius 3 is 2.60 bits per heavy atom. The number of amides is 1. The van der Waals surface area contributed by atoms with E-state index in [-0.39, 0.29) is 11.4 Å². The summed E-state index contributed by atoms with van der Waals surface area (Å²) in [5, 5.41) is 13.4. The number of nitrogens with one attached hydrogen (secondary N) is 1.